The van der Waals surface area contributed by atoms with Gasteiger partial charge in [-0.15, -0.1) is 0 Å². The minimum atomic E-state index is -0.661. The molecule has 0 saturated carbocycles. The number of carboxylic acids is 1. The second kappa shape index (κ2) is 5.11. The Labute approximate surface area is 108 Å². The molecule has 1 N–H and O–H groups in total. The molecule has 2 rings (SSSR count). The molecule has 1 aliphatic rings. The van der Waals surface area contributed by atoms with Crippen molar-refractivity contribution in [2.24, 2.45) is 11.8 Å². The highest BCUT2D eigenvalue weighted by molar-refractivity contribution is 5.71. The lowest BCUT2D eigenvalue weighted by atomic mass is 9.99. The van der Waals surface area contributed by atoms with Crippen molar-refractivity contribution in [1.82, 2.24) is 4.90 Å². The number of carbonyl (C=O) groups is 1. The van der Waals surface area contributed by atoms with Crippen LogP contribution in [0.5, 0.6) is 0 Å². The summed E-state index contributed by atoms with van der Waals surface area (Å²) < 4.78 is 0. The summed E-state index contributed by atoms with van der Waals surface area (Å²) in [7, 11) is 0. The maximum atomic E-state index is 11.1. The van der Waals surface area contributed by atoms with Crippen molar-refractivity contribution >= 4 is 5.97 Å². The van der Waals surface area contributed by atoms with E-state index in [1.807, 2.05) is 6.92 Å². The Bertz CT molecular complexity index is 456. The highest BCUT2D eigenvalue weighted by atomic mass is 16.4. The number of rotatable bonds is 3. The SMILES string of the molecule is Cc1ccc(CN2CC(C)C(C(=O)O)C2)c(C)c1. The van der Waals surface area contributed by atoms with Gasteiger partial charge in [0.1, 0.15) is 0 Å². The van der Waals surface area contributed by atoms with E-state index >= 15 is 0 Å². The first-order valence-corrected chi connectivity index (χ1v) is 6.48. The van der Waals surface area contributed by atoms with Gasteiger partial charge in [-0.05, 0) is 30.9 Å². The standard InChI is InChI=1S/C15H21NO2/c1-10-4-5-13(11(2)6-10)8-16-7-12(3)14(9-16)15(17)18/h4-6,12,14H,7-9H2,1-3H3,(H,17,18). The van der Waals surface area contributed by atoms with Crippen molar-refractivity contribution in [2.75, 3.05) is 13.1 Å². The molecule has 2 unspecified atom stereocenters. The van der Waals surface area contributed by atoms with Crippen LogP contribution in [-0.2, 0) is 11.3 Å². The molecule has 1 fully saturated rings. The number of likely N-dealkylation sites (tertiary alicyclic amines) is 1. The fourth-order valence-electron chi connectivity index (χ4n) is 2.78. The number of carboxylic acid groups (broad SMARTS) is 1. The van der Waals surface area contributed by atoms with Crippen LogP contribution < -0.4 is 0 Å². The predicted molar refractivity (Wildman–Crippen MR) is 71.5 cm³/mol. The van der Waals surface area contributed by atoms with Crippen LogP contribution in [0.25, 0.3) is 0 Å². The van der Waals surface area contributed by atoms with Gasteiger partial charge in [0.05, 0.1) is 5.92 Å². The van der Waals surface area contributed by atoms with Gasteiger partial charge in [0.25, 0.3) is 0 Å². The Morgan fingerprint density at radius 2 is 2.11 bits per heavy atom. The molecule has 18 heavy (non-hydrogen) atoms. The lowest BCUT2D eigenvalue weighted by Crippen LogP contribution is -2.23. The zero-order chi connectivity index (χ0) is 13.3. The normalized spacial score (nSPS) is 24.4. The zero-order valence-electron chi connectivity index (χ0n) is 11.3. The number of nitrogens with zero attached hydrogens (tertiary/aromatic N) is 1. The monoisotopic (exact) mass is 247 g/mol. The second-order valence-corrected chi connectivity index (χ2v) is 5.55. The van der Waals surface area contributed by atoms with Crippen LogP contribution >= 0.6 is 0 Å². The molecule has 0 radical (unpaired) electrons. The quantitative estimate of drug-likeness (QED) is 0.892. The first-order chi connectivity index (χ1) is 8.47. The Hall–Kier alpha value is -1.35. The maximum absolute atomic E-state index is 11.1. The summed E-state index contributed by atoms with van der Waals surface area (Å²) in [5.41, 5.74) is 3.87. The Kier molecular flexibility index (Phi) is 3.71. The average molecular weight is 247 g/mol. The molecule has 1 saturated heterocycles. The maximum Gasteiger partial charge on any atom is 0.308 e. The minimum Gasteiger partial charge on any atom is -0.481 e. The van der Waals surface area contributed by atoms with Crippen molar-refractivity contribution in [2.45, 2.75) is 27.3 Å². The smallest absolute Gasteiger partial charge is 0.308 e. The zero-order valence-corrected chi connectivity index (χ0v) is 11.3. The van der Waals surface area contributed by atoms with Crippen LogP contribution in [0.1, 0.15) is 23.6 Å². The van der Waals surface area contributed by atoms with Gasteiger partial charge in [0.15, 0.2) is 0 Å². The molecule has 1 aliphatic heterocycles. The van der Waals surface area contributed by atoms with Gasteiger partial charge in [0, 0.05) is 19.6 Å². The minimum absolute atomic E-state index is 0.212. The van der Waals surface area contributed by atoms with Crippen molar-refractivity contribution in [1.29, 1.82) is 0 Å². The van der Waals surface area contributed by atoms with E-state index in [1.165, 1.54) is 16.7 Å². The molecule has 2 atom stereocenters. The van der Waals surface area contributed by atoms with Crippen LogP contribution in [0.2, 0.25) is 0 Å². The molecule has 1 aromatic rings. The van der Waals surface area contributed by atoms with Crippen LogP contribution in [0.3, 0.4) is 0 Å². The Morgan fingerprint density at radius 3 is 2.67 bits per heavy atom. The average Bonchev–Trinajstić information content (AvgIpc) is 2.64. The summed E-state index contributed by atoms with van der Waals surface area (Å²) in [5.74, 6) is -0.630. The topological polar surface area (TPSA) is 40.5 Å². The highest BCUT2D eigenvalue weighted by Crippen LogP contribution is 2.25. The molecule has 3 heteroatoms. The number of benzene rings is 1. The van der Waals surface area contributed by atoms with E-state index in [9.17, 15) is 4.79 Å². The fraction of sp³-hybridized carbons (Fsp3) is 0.533. The van der Waals surface area contributed by atoms with Crippen LogP contribution in [0, 0.1) is 25.7 Å². The van der Waals surface area contributed by atoms with Crippen molar-refractivity contribution in [3.8, 4) is 0 Å². The highest BCUT2D eigenvalue weighted by Gasteiger charge is 2.34. The van der Waals surface area contributed by atoms with Gasteiger partial charge in [0.2, 0.25) is 0 Å². The molecule has 0 aliphatic carbocycles. The number of hydrogen-bond donors (Lipinski definition) is 1. The second-order valence-electron chi connectivity index (χ2n) is 5.55. The fourth-order valence-corrected chi connectivity index (χ4v) is 2.78. The molecule has 3 nitrogen and oxygen atoms in total. The number of aliphatic carboxylic acids is 1. The molecule has 0 spiro atoms. The third kappa shape index (κ3) is 2.72. The molecular weight excluding hydrogens is 226 g/mol. The van der Waals surface area contributed by atoms with E-state index in [1.54, 1.807) is 0 Å². The predicted octanol–water partition coefficient (Wildman–Crippen LogP) is 2.46. The molecule has 0 aromatic heterocycles. The number of hydrogen-bond acceptors (Lipinski definition) is 2. The third-order valence-corrected chi connectivity index (χ3v) is 3.90. The summed E-state index contributed by atoms with van der Waals surface area (Å²) >= 11 is 0. The van der Waals surface area contributed by atoms with Crippen molar-refractivity contribution < 1.29 is 9.90 Å². The summed E-state index contributed by atoms with van der Waals surface area (Å²) in [4.78, 5) is 13.3. The lowest BCUT2D eigenvalue weighted by molar-refractivity contribution is -0.142. The van der Waals surface area contributed by atoms with E-state index < -0.39 is 5.97 Å². The molecule has 0 bridgehead atoms. The van der Waals surface area contributed by atoms with Crippen LogP contribution in [0.4, 0.5) is 0 Å². The third-order valence-electron chi connectivity index (χ3n) is 3.90. The lowest BCUT2D eigenvalue weighted by Gasteiger charge is -2.17. The van der Waals surface area contributed by atoms with Gasteiger partial charge in [-0.25, -0.2) is 0 Å². The Balaban J connectivity index is 2.05. The number of aryl methyl sites for hydroxylation is 2. The summed E-state index contributed by atoms with van der Waals surface area (Å²) in [5, 5.41) is 9.13. The first kappa shape index (κ1) is 13.1. The van der Waals surface area contributed by atoms with Gasteiger partial charge < -0.3 is 5.11 Å². The van der Waals surface area contributed by atoms with Crippen molar-refractivity contribution in [3.05, 3.63) is 34.9 Å². The van der Waals surface area contributed by atoms with E-state index in [4.69, 9.17) is 5.11 Å². The van der Waals surface area contributed by atoms with E-state index in [0.717, 1.165) is 13.1 Å². The molecule has 98 valence electrons. The van der Waals surface area contributed by atoms with Crippen molar-refractivity contribution in [3.63, 3.8) is 0 Å². The summed E-state index contributed by atoms with van der Waals surface area (Å²) in [6.45, 7) is 8.65. The molecule has 0 amide bonds. The van der Waals surface area contributed by atoms with Crippen LogP contribution in [0.15, 0.2) is 18.2 Å². The van der Waals surface area contributed by atoms with Gasteiger partial charge in [-0.3, -0.25) is 9.69 Å². The molecule has 1 aromatic carbocycles. The van der Waals surface area contributed by atoms with E-state index in [2.05, 4.69) is 36.9 Å². The van der Waals surface area contributed by atoms with Crippen LogP contribution in [-0.4, -0.2) is 29.1 Å². The van der Waals surface area contributed by atoms with Gasteiger partial charge in [-0.2, -0.15) is 0 Å². The molecular formula is C15H21NO2. The first-order valence-electron chi connectivity index (χ1n) is 6.48. The van der Waals surface area contributed by atoms with Gasteiger partial charge >= 0.3 is 5.97 Å². The summed E-state index contributed by atoms with van der Waals surface area (Å²) in [6.07, 6.45) is 0. The van der Waals surface area contributed by atoms with E-state index in [-0.39, 0.29) is 11.8 Å². The van der Waals surface area contributed by atoms with Gasteiger partial charge in [-0.1, -0.05) is 30.7 Å². The largest absolute Gasteiger partial charge is 0.481 e. The molecule has 1 heterocycles. The Morgan fingerprint density at radius 1 is 1.39 bits per heavy atom. The summed E-state index contributed by atoms with van der Waals surface area (Å²) in [6, 6.07) is 6.46. The van der Waals surface area contributed by atoms with E-state index in [0.29, 0.717) is 6.54 Å².